The molecule has 0 saturated carbocycles. The van der Waals surface area contributed by atoms with E-state index in [0.29, 0.717) is 23.7 Å². The Morgan fingerprint density at radius 2 is 2.38 bits per heavy atom. The van der Waals surface area contributed by atoms with Gasteiger partial charge in [-0.05, 0) is 19.1 Å². The fraction of sp³-hybridized carbons (Fsp3) is 0.250. The number of nitrogens with two attached hydrogens (primary N) is 1. The second-order valence-corrected chi connectivity index (χ2v) is 3.69. The van der Waals surface area contributed by atoms with Crippen molar-refractivity contribution in [2.75, 3.05) is 17.2 Å². The number of nitrogens with zero attached hydrogens (tertiary/aromatic N) is 1. The van der Waals surface area contributed by atoms with Crippen molar-refractivity contribution in [3.63, 3.8) is 0 Å². The quantitative estimate of drug-likeness (QED) is 0.605. The summed E-state index contributed by atoms with van der Waals surface area (Å²) >= 11 is 0. The summed E-state index contributed by atoms with van der Waals surface area (Å²) in [5, 5.41) is 0. The lowest BCUT2D eigenvalue weighted by Crippen LogP contribution is -2.44. The van der Waals surface area contributed by atoms with Gasteiger partial charge in [-0.1, -0.05) is 12.1 Å². The van der Waals surface area contributed by atoms with Crippen molar-refractivity contribution in [2.45, 2.75) is 13.0 Å². The predicted octanol–water partition coefficient (Wildman–Crippen LogP) is 1.57. The van der Waals surface area contributed by atoms with Crippen LogP contribution >= 0.6 is 0 Å². The minimum absolute atomic E-state index is 0.0923. The third kappa shape index (κ3) is 1.52. The highest BCUT2D eigenvalue weighted by molar-refractivity contribution is 6.02. The highest BCUT2D eigenvalue weighted by Gasteiger charge is 2.31. The summed E-state index contributed by atoms with van der Waals surface area (Å²) in [6.07, 6.45) is 1.20. The highest BCUT2D eigenvalue weighted by Crippen LogP contribution is 2.38. The van der Waals surface area contributed by atoms with E-state index < -0.39 is 6.10 Å². The van der Waals surface area contributed by atoms with Gasteiger partial charge in [-0.25, -0.2) is 0 Å². The topological polar surface area (TPSA) is 55.6 Å². The van der Waals surface area contributed by atoms with Crippen LogP contribution in [0.5, 0.6) is 5.75 Å². The fourth-order valence-electron chi connectivity index (χ4n) is 1.80. The summed E-state index contributed by atoms with van der Waals surface area (Å²) in [6.45, 7) is 5.81. The molecule has 16 heavy (non-hydrogen) atoms. The number of para-hydroxylation sites is 1. The summed E-state index contributed by atoms with van der Waals surface area (Å²) in [6, 6.07) is 5.37. The van der Waals surface area contributed by atoms with Gasteiger partial charge in [0.05, 0.1) is 5.69 Å². The third-order valence-electron chi connectivity index (χ3n) is 2.53. The van der Waals surface area contributed by atoms with Crippen molar-refractivity contribution in [3.05, 3.63) is 30.9 Å². The normalized spacial score (nSPS) is 18.9. The molecule has 2 rings (SSSR count). The second kappa shape index (κ2) is 3.89. The average Bonchev–Trinajstić information content (AvgIpc) is 2.25. The van der Waals surface area contributed by atoms with Crippen molar-refractivity contribution in [3.8, 4) is 5.75 Å². The van der Waals surface area contributed by atoms with E-state index in [1.165, 1.54) is 0 Å². The lowest BCUT2D eigenvalue weighted by atomic mass is 10.1. The lowest BCUT2D eigenvalue weighted by molar-refractivity contribution is -0.125. The Balaban J connectivity index is 2.53. The number of ether oxygens (including phenoxy) is 1. The zero-order valence-electron chi connectivity index (χ0n) is 9.14. The Bertz CT molecular complexity index is 443. The zero-order valence-corrected chi connectivity index (χ0v) is 9.14. The number of carbonyl (C=O) groups is 1. The minimum Gasteiger partial charge on any atom is -0.479 e. The lowest BCUT2D eigenvalue weighted by Gasteiger charge is -2.33. The smallest absolute Gasteiger partial charge is 0.268 e. The van der Waals surface area contributed by atoms with Gasteiger partial charge in [-0.3, -0.25) is 4.79 Å². The molecule has 0 bridgehead atoms. The maximum atomic E-state index is 11.9. The number of fused-ring (bicyclic) bond motifs is 1. The van der Waals surface area contributed by atoms with Gasteiger partial charge < -0.3 is 15.4 Å². The first-order valence-corrected chi connectivity index (χ1v) is 5.12. The number of carbonyl (C=O) groups excluding carboxylic acids is 1. The van der Waals surface area contributed by atoms with Gasteiger partial charge in [-0.15, -0.1) is 6.58 Å². The van der Waals surface area contributed by atoms with Crippen LogP contribution in [0.25, 0.3) is 0 Å². The molecule has 2 N–H and O–H groups in total. The molecule has 1 aliphatic rings. The summed E-state index contributed by atoms with van der Waals surface area (Å²) in [5.41, 5.74) is 7.05. The molecule has 1 heterocycles. The Labute approximate surface area is 94.3 Å². The summed E-state index contributed by atoms with van der Waals surface area (Å²) < 4.78 is 5.50. The van der Waals surface area contributed by atoms with E-state index in [9.17, 15) is 4.79 Å². The molecule has 0 aromatic heterocycles. The molecule has 0 radical (unpaired) electrons. The van der Waals surface area contributed by atoms with Crippen LogP contribution in [0.3, 0.4) is 0 Å². The first kappa shape index (κ1) is 10.5. The third-order valence-corrected chi connectivity index (χ3v) is 2.53. The van der Waals surface area contributed by atoms with Gasteiger partial charge in [0.25, 0.3) is 5.91 Å². The molecule has 4 nitrogen and oxygen atoms in total. The van der Waals surface area contributed by atoms with E-state index in [1.807, 2.05) is 12.1 Å². The minimum atomic E-state index is -0.478. The SMILES string of the molecule is C=CCN1C(=O)C(C)Oc2cccc(N)c21. The largest absolute Gasteiger partial charge is 0.479 e. The Morgan fingerprint density at radius 3 is 3.06 bits per heavy atom. The Kier molecular flexibility index (Phi) is 2.56. The van der Waals surface area contributed by atoms with Gasteiger partial charge in [0.15, 0.2) is 6.10 Å². The van der Waals surface area contributed by atoms with Crippen LogP contribution in [0.2, 0.25) is 0 Å². The number of anilines is 2. The van der Waals surface area contributed by atoms with E-state index in [2.05, 4.69) is 6.58 Å². The number of hydrogen-bond acceptors (Lipinski definition) is 3. The van der Waals surface area contributed by atoms with Crippen molar-refractivity contribution in [1.82, 2.24) is 0 Å². The van der Waals surface area contributed by atoms with Gasteiger partial charge >= 0.3 is 0 Å². The summed E-state index contributed by atoms with van der Waals surface area (Å²) in [7, 11) is 0. The second-order valence-electron chi connectivity index (χ2n) is 3.69. The van der Waals surface area contributed by atoms with Crippen LogP contribution in [0.4, 0.5) is 11.4 Å². The molecule has 1 aliphatic heterocycles. The molecule has 1 amide bonds. The number of benzene rings is 1. The number of nitrogen functional groups attached to an aromatic ring is 1. The number of rotatable bonds is 2. The van der Waals surface area contributed by atoms with Gasteiger partial charge in [0.2, 0.25) is 0 Å². The first-order valence-electron chi connectivity index (χ1n) is 5.12. The molecule has 0 aliphatic carbocycles. The molecule has 1 aromatic carbocycles. The zero-order chi connectivity index (χ0) is 11.7. The molecule has 0 saturated heterocycles. The average molecular weight is 218 g/mol. The number of amides is 1. The molecule has 1 atom stereocenters. The van der Waals surface area contributed by atoms with Crippen molar-refractivity contribution >= 4 is 17.3 Å². The standard InChI is InChI=1S/C12H14N2O2/c1-3-7-14-11-9(13)5-4-6-10(11)16-8(2)12(14)15/h3-6,8H,1,7,13H2,2H3. The maximum absolute atomic E-state index is 11.9. The molecule has 0 spiro atoms. The Morgan fingerprint density at radius 1 is 1.62 bits per heavy atom. The predicted molar refractivity (Wildman–Crippen MR) is 63.5 cm³/mol. The van der Waals surface area contributed by atoms with Crippen LogP contribution in [0, 0.1) is 0 Å². The van der Waals surface area contributed by atoms with E-state index >= 15 is 0 Å². The molecule has 4 heteroatoms. The first-order chi connectivity index (χ1) is 7.65. The molecule has 84 valence electrons. The van der Waals surface area contributed by atoms with Crippen LogP contribution in [-0.4, -0.2) is 18.6 Å². The van der Waals surface area contributed by atoms with Gasteiger partial charge in [0.1, 0.15) is 11.4 Å². The molecule has 0 fully saturated rings. The molecular formula is C12H14N2O2. The monoisotopic (exact) mass is 218 g/mol. The van der Waals surface area contributed by atoms with Gasteiger partial charge in [0, 0.05) is 6.54 Å². The number of hydrogen-bond donors (Lipinski definition) is 1. The van der Waals surface area contributed by atoms with E-state index in [4.69, 9.17) is 10.5 Å². The van der Waals surface area contributed by atoms with Crippen LogP contribution in [0.1, 0.15) is 6.92 Å². The summed E-state index contributed by atoms with van der Waals surface area (Å²) in [5.74, 6) is 0.555. The highest BCUT2D eigenvalue weighted by atomic mass is 16.5. The maximum Gasteiger partial charge on any atom is 0.268 e. The van der Waals surface area contributed by atoms with Crippen LogP contribution in [-0.2, 0) is 4.79 Å². The molecule has 1 aromatic rings. The molecular weight excluding hydrogens is 204 g/mol. The van der Waals surface area contributed by atoms with E-state index in [1.54, 1.807) is 24.0 Å². The van der Waals surface area contributed by atoms with E-state index in [0.717, 1.165) is 0 Å². The summed E-state index contributed by atoms with van der Waals surface area (Å²) in [4.78, 5) is 13.5. The van der Waals surface area contributed by atoms with Crippen molar-refractivity contribution in [1.29, 1.82) is 0 Å². The van der Waals surface area contributed by atoms with Crippen molar-refractivity contribution in [2.24, 2.45) is 0 Å². The van der Waals surface area contributed by atoms with Gasteiger partial charge in [-0.2, -0.15) is 0 Å². The molecule has 1 unspecified atom stereocenters. The Hall–Kier alpha value is -1.97. The van der Waals surface area contributed by atoms with E-state index in [-0.39, 0.29) is 5.91 Å². The van der Waals surface area contributed by atoms with Crippen molar-refractivity contribution < 1.29 is 9.53 Å². The van der Waals surface area contributed by atoms with Crippen LogP contribution in [0.15, 0.2) is 30.9 Å². The fourth-order valence-corrected chi connectivity index (χ4v) is 1.80. The van der Waals surface area contributed by atoms with Crippen LogP contribution < -0.4 is 15.4 Å².